The average Bonchev–Trinajstić information content (AvgIpc) is 3.40. The summed E-state index contributed by atoms with van der Waals surface area (Å²) in [6, 6.07) is 9.10. The molecule has 0 fully saturated rings. The molecule has 9 nitrogen and oxygen atoms in total. The number of aromatic nitrogens is 2. The van der Waals surface area contributed by atoms with E-state index in [0.717, 1.165) is 11.3 Å². The van der Waals surface area contributed by atoms with Gasteiger partial charge >= 0.3 is 0 Å². The Labute approximate surface area is 178 Å². The first-order chi connectivity index (χ1) is 15.1. The minimum absolute atomic E-state index is 0.148. The van der Waals surface area contributed by atoms with E-state index < -0.39 is 0 Å². The lowest BCUT2D eigenvalue weighted by molar-refractivity contribution is -0.118. The van der Waals surface area contributed by atoms with Crippen molar-refractivity contribution in [1.29, 1.82) is 0 Å². The van der Waals surface area contributed by atoms with Crippen molar-refractivity contribution in [1.82, 2.24) is 20.8 Å². The minimum Gasteiger partial charge on any atom is -0.495 e. The second kappa shape index (κ2) is 8.78. The highest BCUT2D eigenvalue weighted by Gasteiger charge is 2.19. The van der Waals surface area contributed by atoms with Gasteiger partial charge in [-0.15, -0.1) is 0 Å². The molecule has 0 atom stereocenters. The summed E-state index contributed by atoms with van der Waals surface area (Å²) in [5.41, 5.74) is 2.70. The molecule has 2 heterocycles. The summed E-state index contributed by atoms with van der Waals surface area (Å²) in [6.07, 6.45) is 3.78. The van der Waals surface area contributed by atoms with Crippen LogP contribution < -0.4 is 24.8 Å². The normalized spacial score (nSPS) is 12.3. The molecule has 0 radical (unpaired) electrons. The van der Waals surface area contributed by atoms with E-state index in [4.69, 9.17) is 14.2 Å². The molecule has 0 saturated carbocycles. The highest BCUT2D eigenvalue weighted by Crippen LogP contribution is 2.34. The van der Waals surface area contributed by atoms with Gasteiger partial charge in [-0.2, -0.15) is 5.10 Å². The number of hydrogen-bond acceptors (Lipinski definition) is 6. The Morgan fingerprint density at radius 3 is 2.74 bits per heavy atom. The lowest BCUT2D eigenvalue weighted by Crippen LogP contribution is -2.33. The predicted molar refractivity (Wildman–Crippen MR) is 115 cm³/mol. The molecule has 4 rings (SSSR count). The first-order valence-electron chi connectivity index (χ1n) is 9.72. The maximum Gasteiger partial charge on any atom is 0.255 e. The lowest BCUT2D eigenvalue weighted by Gasteiger charge is -2.11. The Balaban J connectivity index is 1.59. The van der Waals surface area contributed by atoms with Crippen molar-refractivity contribution in [2.75, 3.05) is 27.0 Å². The molecule has 0 aliphatic carbocycles. The molecule has 3 N–H and O–H groups in total. The zero-order valence-corrected chi connectivity index (χ0v) is 17.2. The summed E-state index contributed by atoms with van der Waals surface area (Å²) in [6.45, 7) is 2.31. The number of fused-ring (bicyclic) bond motifs is 2. The topological polar surface area (TPSA) is 115 Å². The van der Waals surface area contributed by atoms with Crippen LogP contribution in [0.3, 0.4) is 0 Å². The van der Waals surface area contributed by atoms with E-state index in [0.29, 0.717) is 46.7 Å². The number of aromatic amines is 1. The van der Waals surface area contributed by atoms with Crippen LogP contribution in [0.15, 0.2) is 30.3 Å². The predicted octanol–water partition coefficient (Wildman–Crippen LogP) is 2.34. The number of nitrogens with zero attached hydrogens (tertiary/aromatic N) is 1. The molecule has 1 aliphatic heterocycles. The van der Waals surface area contributed by atoms with Crippen LogP contribution in [0.1, 0.15) is 28.5 Å². The molecule has 0 spiro atoms. The lowest BCUT2D eigenvalue weighted by atomic mass is 10.1. The van der Waals surface area contributed by atoms with E-state index in [9.17, 15) is 9.59 Å². The molecule has 31 heavy (non-hydrogen) atoms. The van der Waals surface area contributed by atoms with Gasteiger partial charge in [0.05, 0.1) is 29.3 Å². The van der Waals surface area contributed by atoms with Gasteiger partial charge in [-0.3, -0.25) is 14.7 Å². The number of amides is 2. The monoisotopic (exact) mass is 422 g/mol. The highest BCUT2D eigenvalue weighted by molar-refractivity contribution is 6.05. The third-order valence-corrected chi connectivity index (χ3v) is 4.77. The number of hydrogen-bond donors (Lipinski definition) is 3. The number of benzene rings is 2. The standard InChI is InChI=1S/C22H22N4O5/c1-13(27)23-9-10-24-22(28)15-5-7-17-20(21(15)29-2)16(25-26-17)6-3-14-4-8-18-19(11-14)31-12-30-18/h3-8,11H,9-10,12H2,1-2H3,(H,23,27)(H,24,28)(H,25,26)/b6-3+. The second-order valence-corrected chi connectivity index (χ2v) is 6.86. The molecule has 0 saturated heterocycles. The minimum atomic E-state index is -0.295. The summed E-state index contributed by atoms with van der Waals surface area (Å²) in [5.74, 6) is 1.41. The number of nitrogens with one attached hydrogen (secondary N) is 3. The van der Waals surface area contributed by atoms with Gasteiger partial charge in [-0.1, -0.05) is 12.1 Å². The summed E-state index contributed by atoms with van der Waals surface area (Å²) in [4.78, 5) is 23.6. The van der Waals surface area contributed by atoms with Crippen LogP contribution in [-0.4, -0.2) is 49.0 Å². The molecule has 0 unspecified atom stereocenters. The van der Waals surface area contributed by atoms with E-state index in [2.05, 4.69) is 20.8 Å². The zero-order chi connectivity index (χ0) is 21.8. The smallest absolute Gasteiger partial charge is 0.255 e. The molecule has 160 valence electrons. The molecule has 3 aromatic rings. The Kier molecular flexibility index (Phi) is 5.74. The summed E-state index contributed by atoms with van der Waals surface area (Å²) < 4.78 is 16.3. The second-order valence-electron chi connectivity index (χ2n) is 6.86. The maximum absolute atomic E-state index is 12.7. The van der Waals surface area contributed by atoms with E-state index in [-0.39, 0.29) is 18.6 Å². The Bertz CT molecular complexity index is 1170. The molecule has 2 amide bonds. The summed E-state index contributed by atoms with van der Waals surface area (Å²) >= 11 is 0. The van der Waals surface area contributed by atoms with Crippen LogP contribution in [0.25, 0.3) is 23.1 Å². The average molecular weight is 422 g/mol. The van der Waals surface area contributed by atoms with Gasteiger partial charge in [0.25, 0.3) is 5.91 Å². The van der Waals surface area contributed by atoms with E-state index in [1.165, 1.54) is 14.0 Å². The van der Waals surface area contributed by atoms with Crippen molar-refractivity contribution in [3.8, 4) is 17.2 Å². The number of carbonyl (C=O) groups excluding carboxylic acids is 2. The Hall–Kier alpha value is -4.01. The van der Waals surface area contributed by atoms with Gasteiger partial charge in [0.2, 0.25) is 12.7 Å². The number of ether oxygens (including phenoxy) is 3. The van der Waals surface area contributed by atoms with Crippen molar-refractivity contribution in [3.05, 3.63) is 47.2 Å². The number of rotatable bonds is 7. The largest absolute Gasteiger partial charge is 0.495 e. The quantitative estimate of drug-likeness (QED) is 0.504. The fourth-order valence-electron chi connectivity index (χ4n) is 3.32. The van der Waals surface area contributed by atoms with Gasteiger partial charge in [0.1, 0.15) is 5.75 Å². The van der Waals surface area contributed by atoms with Crippen LogP contribution in [0.5, 0.6) is 17.2 Å². The van der Waals surface area contributed by atoms with Crippen molar-refractivity contribution >= 4 is 34.9 Å². The molecule has 0 bridgehead atoms. The van der Waals surface area contributed by atoms with Crippen LogP contribution in [0.2, 0.25) is 0 Å². The van der Waals surface area contributed by atoms with Crippen molar-refractivity contribution < 1.29 is 23.8 Å². The molecule has 2 aromatic carbocycles. The van der Waals surface area contributed by atoms with Crippen LogP contribution in [0, 0.1) is 0 Å². The van der Waals surface area contributed by atoms with Crippen LogP contribution in [0.4, 0.5) is 0 Å². The van der Waals surface area contributed by atoms with Gasteiger partial charge in [0.15, 0.2) is 11.5 Å². The Morgan fingerprint density at radius 2 is 1.94 bits per heavy atom. The number of carbonyl (C=O) groups is 2. The van der Waals surface area contributed by atoms with E-state index in [1.807, 2.05) is 30.4 Å². The maximum atomic E-state index is 12.7. The van der Waals surface area contributed by atoms with Crippen molar-refractivity contribution in [3.63, 3.8) is 0 Å². The molecule has 9 heteroatoms. The SMILES string of the molecule is COc1c(C(=O)NCCNC(C)=O)ccc2n[nH]c(/C=C/c3ccc4c(c3)OCO4)c12. The highest BCUT2D eigenvalue weighted by atomic mass is 16.7. The molecular formula is C22H22N4O5. The van der Waals surface area contributed by atoms with Crippen LogP contribution >= 0.6 is 0 Å². The van der Waals surface area contributed by atoms with Crippen molar-refractivity contribution in [2.45, 2.75) is 6.92 Å². The fourth-order valence-corrected chi connectivity index (χ4v) is 3.32. The summed E-state index contributed by atoms with van der Waals surface area (Å²) in [7, 11) is 1.52. The van der Waals surface area contributed by atoms with E-state index in [1.54, 1.807) is 12.1 Å². The third-order valence-electron chi connectivity index (χ3n) is 4.77. The third kappa shape index (κ3) is 4.30. The first kappa shape index (κ1) is 20.3. The Morgan fingerprint density at radius 1 is 1.13 bits per heavy atom. The zero-order valence-electron chi connectivity index (χ0n) is 17.2. The molecule has 1 aromatic heterocycles. The van der Waals surface area contributed by atoms with Gasteiger partial charge in [0, 0.05) is 20.0 Å². The molecular weight excluding hydrogens is 400 g/mol. The summed E-state index contributed by atoms with van der Waals surface area (Å²) in [5, 5.41) is 13.4. The van der Waals surface area contributed by atoms with Crippen LogP contribution in [-0.2, 0) is 4.79 Å². The number of methoxy groups -OCH3 is 1. The van der Waals surface area contributed by atoms with Gasteiger partial charge in [-0.05, 0) is 35.9 Å². The van der Waals surface area contributed by atoms with Gasteiger partial charge < -0.3 is 24.8 Å². The number of H-pyrrole nitrogens is 1. The van der Waals surface area contributed by atoms with Crippen molar-refractivity contribution in [2.24, 2.45) is 0 Å². The van der Waals surface area contributed by atoms with E-state index >= 15 is 0 Å². The molecule has 1 aliphatic rings. The van der Waals surface area contributed by atoms with Gasteiger partial charge in [-0.25, -0.2) is 0 Å². The fraction of sp³-hybridized carbons (Fsp3) is 0.227. The first-order valence-corrected chi connectivity index (χ1v) is 9.72.